The predicted octanol–water partition coefficient (Wildman–Crippen LogP) is 4.21. The molecule has 21 heavy (non-hydrogen) atoms. The van der Waals surface area contributed by atoms with Crippen LogP contribution in [-0.4, -0.2) is 13.1 Å². The summed E-state index contributed by atoms with van der Waals surface area (Å²) in [4.78, 5) is 2.26. The molecule has 0 radical (unpaired) electrons. The maximum atomic E-state index is 13.1. The third-order valence-corrected chi connectivity index (χ3v) is 3.85. The van der Waals surface area contributed by atoms with Gasteiger partial charge in [-0.15, -0.1) is 0 Å². The highest BCUT2D eigenvalue weighted by molar-refractivity contribution is 5.48. The van der Waals surface area contributed by atoms with Crippen molar-refractivity contribution >= 4 is 11.4 Å². The second-order valence-electron chi connectivity index (χ2n) is 6.00. The molecule has 0 aliphatic carbocycles. The number of hydrogen-bond donors (Lipinski definition) is 1. The van der Waals surface area contributed by atoms with Crippen molar-refractivity contribution in [1.82, 2.24) is 0 Å². The van der Waals surface area contributed by atoms with Crippen molar-refractivity contribution in [1.29, 1.82) is 0 Å². The highest BCUT2D eigenvalue weighted by atomic mass is 19.1. The zero-order chi connectivity index (χ0) is 15.5. The van der Waals surface area contributed by atoms with Crippen LogP contribution in [0.2, 0.25) is 0 Å². The van der Waals surface area contributed by atoms with E-state index in [1.54, 1.807) is 0 Å². The van der Waals surface area contributed by atoms with Crippen LogP contribution in [0.3, 0.4) is 0 Å². The predicted molar refractivity (Wildman–Crippen MR) is 88.2 cm³/mol. The maximum Gasteiger partial charge on any atom is 0.123 e. The molecule has 3 heteroatoms. The van der Waals surface area contributed by atoms with Crippen molar-refractivity contribution in [3.8, 4) is 0 Å². The number of benzene rings is 2. The Morgan fingerprint density at radius 3 is 2.10 bits per heavy atom. The first-order valence-electron chi connectivity index (χ1n) is 7.29. The van der Waals surface area contributed by atoms with Crippen LogP contribution >= 0.6 is 0 Å². The van der Waals surface area contributed by atoms with Gasteiger partial charge in [0, 0.05) is 29.9 Å². The Hall–Kier alpha value is -2.03. The smallest absolute Gasteiger partial charge is 0.123 e. The van der Waals surface area contributed by atoms with Crippen LogP contribution < -0.4 is 10.6 Å². The third-order valence-electron chi connectivity index (χ3n) is 3.85. The SMILES string of the molecule is CCN(CC(C)(C)c1ccc(N)cc1)c1ccc(F)cc1. The van der Waals surface area contributed by atoms with Crippen LogP contribution in [0.4, 0.5) is 15.8 Å². The van der Waals surface area contributed by atoms with Crippen molar-refractivity contribution < 1.29 is 4.39 Å². The van der Waals surface area contributed by atoms with Crippen molar-refractivity contribution in [3.63, 3.8) is 0 Å². The summed E-state index contributed by atoms with van der Waals surface area (Å²) >= 11 is 0. The molecule has 0 aliphatic rings. The first kappa shape index (κ1) is 15.4. The largest absolute Gasteiger partial charge is 0.399 e. The van der Waals surface area contributed by atoms with E-state index in [9.17, 15) is 4.39 Å². The fraction of sp³-hybridized carbons (Fsp3) is 0.333. The minimum atomic E-state index is -0.201. The van der Waals surface area contributed by atoms with Gasteiger partial charge in [-0.3, -0.25) is 0 Å². The zero-order valence-corrected chi connectivity index (χ0v) is 12.9. The number of nitrogens with zero attached hydrogens (tertiary/aromatic N) is 1. The van der Waals surface area contributed by atoms with Crippen molar-refractivity contribution in [3.05, 3.63) is 59.9 Å². The molecule has 2 nitrogen and oxygen atoms in total. The van der Waals surface area contributed by atoms with Crippen molar-refractivity contribution in [2.24, 2.45) is 0 Å². The molecular weight excluding hydrogens is 263 g/mol. The van der Waals surface area contributed by atoms with E-state index in [1.807, 2.05) is 24.3 Å². The normalized spacial score (nSPS) is 11.4. The van der Waals surface area contributed by atoms with E-state index in [2.05, 4.69) is 37.8 Å². The second kappa shape index (κ2) is 6.17. The molecule has 2 aromatic carbocycles. The van der Waals surface area contributed by atoms with E-state index in [-0.39, 0.29) is 11.2 Å². The molecular formula is C18H23FN2. The summed E-state index contributed by atoms with van der Waals surface area (Å²) in [5.41, 5.74) is 8.81. The Morgan fingerprint density at radius 2 is 1.57 bits per heavy atom. The van der Waals surface area contributed by atoms with Crippen LogP contribution in [0.15, 0.2) is 48.5 Å². The number of anilines is 2. The van der Waals surface area contributed by atoms with E-state index in [4.69, 9.17) is 5.73 Å². The molecule has 0 bridgehead atoms. The zero-order valence-electron chi connectivity index (χ0n) is 12.9. The summed E-state index contributed by atoms with van der Waals surface area (Å²) in [5.74, 6) is -0.201. The Kier molecular flexibility index (Phi) is 4.51. The lowest BCUT2D eigenvalue weighted by molar-refractivity contribution is 0.514. The van der Waals surface area contributed by atoms with Gasteiger partial charge in [0.15, 0.2) is 0 Å². The molecule has 0 saturated heterocycles. The van der Waals surface area contributed by atoms with E-state index >= 15 is 0 Å². The van der Waals surface area contributed by atoms with Gasteiger partial charge in [-0.2, -0.15) is 0 Å². The van der Waals surface area contributed by atoms with Crippen LogP contribution in [0, 0.1) is 5.82 Å². The molecule has 2 N–H and O–H groups in total. The van der Waals surface area contributed by atoms with Crippen molar-refractivity contribution in [2.45, 2.75) is 26.2 Å². The van der Waals surface area contributed by atoms with Crippen molar-refractivity contribution in [2.75, 3.05) is 23.7 Å². The topological polar surface area (TPSA) is 29.3 Å². The van der Waals surface area contributed by atoms with Crippen LogP contribution in [-0.2, 0) is 5.41 Å². The Balaban J connectivity index is 2.20. The summed E-state index contributed by atoms with van der Waals surface area (Å²) in [6, 6.07) is 14.7. The average molecular weight is 286 g/mol. The molecule has 2 aromatic rings. The molecule has 112 valence electrons. The molecule has 0 fully saturated rings. The number of halogens is 1. The lowest BCUT2D eigenvalue weighted by Crippen LogP contribution is -2.37. The molecule has 2 rings (SSSR count). The van der Waals surface area contributed by atoms with Gasteiger partial charge < -0.3 is 10.6 Å². The molecule has 0 aromatic heterocycles. The van der Waals surface area contributed by atoms with E-state index in [0.717, 1.165) is 24.5 Å². The number of hydrogen-bond acceptors (Lipinski definition) is 2. The monoisotopic (exact) mass is 286 g/mol. The van der Waals surface area contributed by atoms with Crippen LogP contribution in [0.25, 0.3) is 0 Å². The average Bonchev–Trinajstić information content (AvgIpc) is 2.46. The summed E-state index contributed by atoms with van der Waals surface area (Å²) in [6.45, 7) is 8.28. The maximum absolute atomic E-state index is 13.1. The van der Waals surface area contributed by atoms with Gasteiger partial charge in [0.2, 0.25) is 0 Å². The highest BCUT2D eigenvalue weighted by Crippen LogP contribution is 2.27. The highest BCUT2D eigenvalue weighted by Gasteiger charge is 2.23. The standard InChI is InChI=1S/C18H23FN2/c1-4-21(17-11-7-15(19)8-12-17)13-18(2,3)14-5-9-16(20)10-6-14/h5-12H,4,13,20H2,1-3H3. The Labute approximate surface area is 126 Å². The molecule has 0 unspecified atom stereocenters. The van der Waals surface area contributed by atoms with Gasteiger partial charge >= 0.3 is 0 Å². The number of rotatable bonds is 5. The van der Waals surface area contributed by atoms with Gasteiger partial charge in [0.1, 0.15) is 5.82 Å². The molecule has 0 heterocycles. The molecule has 0 spiro atoms. The van der Waals surface area contributed by atoms with Crippen LogP contribution in [0.5, 0.6) is 0 Å². The van der Waals surface area contributed by atoms with Gasteiger partial charge in [0.05, 0.1) is 0 Å². The summed E-state index contributed by atoms with van der Waals surface area (Å²) in [7, 11) is 0. The number of likely N-dealkylation sites (N-methyl/N-ethyl adjacent to an activating group) is 1. The van der Waals surface area contributed by atoms with Gasteiger partial charge in [-0.05, 0) is 48.9 Å². The second-order valence-corrected chi connectivity index (χ2v) is 6.00. The van der Waals surface area contributed by atoms with E-state index in [1.165, 1.54) is 17.7 Å². The summed E-state index contributed by atoms with van der Waals surface area (Å²) < 4.78 is 13.1. The van der Waals surface area contributed by atoms with E-state index in [0.29, 0.717) is 0 Å². The van der Waals surface area contributed by atoms with Gasteiger partial charge in [-0.1, -0.05) is 26.0 Å². The quantitative estimate of drug-likeness (QED) is 0.834. The van der Waals surface area contributed by atoms with Crippen LogP contribution in [0.1, 0.15) is 26.3 Å². The third kappa shape index (κ3) is 3.75. The molecule has 0 saturated carbocycles. The molecule has 0 amide bonds. The Bertz CT molecular complexity index is 573. The first-order chi connectivity index (χ1) is 9.92. The lowest BCUT2D eigenvalue weighted by atomic mass is 9.84. The minimum Gasteiger partial charge on any atom is -0.399 e. The minimum absolute atomic E-state index is 0.0158. The number of nitrogens with two attached hydrogens (primary N) is 1. The van der Waals surface area contributed by atoms with Gasteiger partial charge in [-0.25, -0.2) is 4.39 Å². The van der Waals surface area contributed by atoms with Gasteiger partial charge in [0.25, 0.3) is 0 Å². The fourth-order valence-electron chi connectivity index (χ4n) is 2.54. The number of nitrogen functional groups attached to an aromatic ring is 1. The molecule has 0 atom stereocenters. The Morgan fingerprint density at radius 1 is 1.00 bits per heavy atom. The first-order valence-corrected chi connectivity index (χ1v) is 7.29. The molecule has 0 aliphatic heterocycles. The fourth-order valence-corrected chi connectivity index (χ4v) is 2.54. The lowest BCUT2D eigenvalue weighted by Gasteiger charge is -2.34. The summed E-state index contributed by atoms with van der Waals surface area (Å²) in [5, 5.41) is 0. The summed E-state index contributed by atoms with van der Waals surface area (Å²) in [6.07, 6.45) is 0. The van der Waals surface area contributed by atoms with E-state index < -0.39 is 0 Å².